The molecule has 1 fully saturated rings. The maximum Gasteiger partial charge on any atom is 0.305 e. The zero-order valence-electron chi connectivity index (χ0n) is 12.8. The molecule has 0 spiro atoms. The lowest BCUT2D eigenvalue weighted by Crippen LogP contribution is -2.59. The lowest BCUT2D eigenvalue weighted by molar-refractivity contribution is -0.139. The lowest BCUT2D eigenvalue weighted by atomic mass is 10.0. The van der Waals surface area contributed by atoms with Gasteiger partial charge in [-0.15, -0.1) is 0 Å². The molecule has 1 aliphatic rings. The average molecular weight is 326 g/mol. The van der Waals surface area contributed by atoms with Gasteiger partial charge in [-0.1, -0.05) is 30.3 Å². The molecule has 2 rings (SSSR count). The summed E-state index contributed by atoms with van der Waals surface area (Å²) in [5.41, 5.74) is 1.14. The topological polar surface area (TPSA) is 77.9 Å². The summed E-state index contributed by atoms with van der Waals surface area (Å²) < 4.78 is 25.1. The second-order valence-electron chi connectivity index (χ2n) is 5.74. The van der Waals surface area contributed by atoms with Crippen molar-refractivity contribution in [2.75, 3.05) is 19.3 Å². The molecule has 2 atom stereocenters. The van der Waals surface area contributed by atoms with Crippen LogP contribution in [0.3, 0.4) is 0 Å². The van der Waals surface area contributed by atoms with Crippen molar-refractivity contribution in [3.05, 3.63) is 35.9 Å². The predicted octanol–water partition coefficient (Wildman–Crippen LogP) is 0.996. The molecule has 22 heavy (non-hydrogen) atoms. The van der Waals surface area contributed by atoms with Crippen LogP contribution in [0.15, 0.2) is 30.3 Å². The molecule has 122 valence electrons. The summed E-state index contributed by atoms with van der Waals surface area (Å²) in [6, 6.07) is 9.21. The number of nitrogens with zero attached hydrogens (tertiary/aromatic N) is 2. The zero-order chi connectivity index (χ0) is 16.3. The van der Waals surface area contributed by atoms with Gasteiger partial charge in [0.15, 0.2) is 0 Å². The standard InChI is InChI=1S/C15H22N2O4S/c1-12-14(10-15(18)19)17(22(2,20)21)9-8-16(12)11-13-6-4-3-5-7-13/h3-7,12,14H,8-11H2,1-2H3,(H,18,19)/t12-,14-/m1/s1. The average Bonchev–Trinajstić information content (AvgIpc) is 2.42. The van der Waals surface area contributed by atoms with E-state index in [2.05, 4.69) is 4.90 Å². The molecule has 1 heterocycles. The number of piperazine rings is 1. The number of hydrogen-bond donors (Lipinski definition) is 1. The van der Waals surface area contributed by atoms with Crippen LogP contribution in [0.5, 0.6) is 0 Å². The van der Waals surface area contributed by atoms with E-state index < -0.39 is 22.0 Å². The number of carbonyl (C=O) groups is 1. The highest BCUT2D eigenvalue weighted by molar-refractivity contribution is 7.88. The smallest absolute Gasteiger partial charge is 0.305 e. The number of carboxylic acid groups (broad SMARTS) is 1. The van der Waals surface area contributed by atoms with Crippen LogP contribution in [-0.4, -0.2) is 60.1 Å². The van der Waals surface area contributed by atoms with E-state index in [0.29, 0.717) is 19.6 Å². The molecule has 1 aromatic rings. The molecular formula is C15H22N2O4S. The highest BCUT2D eigenvalue weighted by Crippen LogP contribution is 2.24. The molecule has 6 nitrogen and oxygen atoms in total. The summed E-state index contributed by atoms with van der Waals surface area (Å²) in [6.45, 7) is 3.51. The van der Waals surface area contributed by atoms with Gasteiger partial charge in [0.2, 0.25) is 10.0 Å². The van der Waals surface area contributed by atoms with Gasteiger partial charge < -0.3 is 5.11 Å². The Morgan fingerprint density at radius 2 is 1.91 bits per heavy atom. The Labute approximate surface area is 131 Å². The molecule has 1 aromatic carbocycles. The number of carboxylic acids is 1. The Morgan fingerprint density at radius 1 is 1.27 bits per heavy atom. The van der Waals surface area contributed by atoms with Crippen molar-refractivity contribution in [2.45, 2.75) is 32.0 Å². The summed E-state index contributed by atoms with van der Waals surface area (Å²) in [7, 11) is -3.41. The predicted molar refractivity (Wildman–Crippen MR) is 83.9 cm³/mol. The van der Waals surface area contributed by atoms with E-state index in [0.717, 1.165) is 11.8 Å². The van der Waals surface area contributed by atoms with Crippen molar-refractivity contribution in [3.8, 4) is 0 Å². The van der Waals surface area contributed by atoms with E-state index in [1.807, 2.05) is 37.3 Å². The third-order valence-corrected chi connectivity index (χ3v) is 5.45. The molecule has 1 saturated heterocycles. The SMILES string of the molecule is C[C@@H]1[C@@H](CC(=O)O)N(S(C)(=O)=O)CCN1Cc1ccccc1. The van der Waals surface area contributed by atoms with E-state index in [1.165, 1.54) is 4.31 Å². The van der Waals surface area contributed by atoms with Gasteiger partial charge in [0.1, 0.15) is 0 Å². The highest BCUT2D eigenvalue weighted by atomic mass is 32.2. The molecule has 0 bridgehead atoms. The monoisotopic (exact) mass is 326 g/mol. The fourth-order valence-electron chi connectivity index (χ4n) is 2.98. The first-order chi connectivity index (χ1) is 10.3. The van der Waals surface area contributed by atoms with E-state index in [1.54, 1.807) is 0 Å². The van der Waals surface area contributed by atoms with Gasteiger partial charge in [-0.05, 0) is 12.5 Å². The Kier molecular flexibility index (Phi) is 5.20. The quantitative estimate of drug-likeness (QED) is 0.873. The van der Waals surface area contributed by atoms with Gasteiger partial charge in [-0.2, -0.15) is 4.31 Å². The Bertz CT molecular complexity index is 618. The van der Waals surface area contributed by atoms with Crippen molar-refractivity contribution >= 4 is 16.0 Å². The van der Waals surface area contributed by atoms with Crippen LogP contribution in [-0.2, 0) is 21.4 Å². The van der Waals surface area contributed by atoms with Crippen LogP contribution in [0.4, 0.5) is 0 Å². The molecule has 0 aliphatic carbocycles. The van der Waals surface area contributed by atoms with Crippen LogP contribution >= 0.6 is 0 Å². The summed E-state index contributed by atoms with van der Waals surface area (Å²) in [4.78, 5) is 13.3. The number of benzene rings is 1. The van der Waals surface area contributed by atoms with Gasteiger partial charge >= 0.3 is 5.97 Å². The third kappa shape index (κ3) is 4.06. The van der Waals surface area contributed by atoms with E-state index >= 15 is 0 Å². The largest absolute Gasteiger partial charge is 0.481 e. The van der Waals surface area contributed by atoms with E-state index in [4.69, 9.17) is 5.11 Å². The minimum atomic E-state index is -3.41. The molecule has 7 heteroatoms. The van der Waals surface area contributed by atoms with Crippen LogP contribution < -0.4 is 0 Å². The zero-order valence-corrected chi connectivity index (χ0v) is 13.7. The minimum absolute atomic E-state index is 0.153. The Balaban J connectivity index is 2.18. The van der Waals surface area contributed by atoms with Crippen molar-refractivity contribution in [1.82, 2.24) is 9.21 Å². The lowest BCUT2D eigenvalue weighted by Gasteiger charge is -2.44. The Morgan fingerprint density at radius 3 is 2.45 bits per heavy atom. The number of sulfonamides is 1. The molecule has 0 radical (unpaired) electrons. The third-order valence-electron chi connectivity index (χ3n) is 4.15. The molecule has 0 aromatic heterocycles. The fraction of sp³-hybridized carbons (Fsp3) is 0.533. The fourth-order valence-corrected chi connectivity index (χ4v) is 4.14. The maximum atomic E-state index is 11.9. The van der Waals surface area contributed by atoms with Crippen molar-refractivity contribution in [1.29, 1.82) is 0 Å². The minimum Gasteiger partial charge on any atom is -0.481 e. The van der Waals surface area contributed by atoms with Crippen molar-refractivity contribution < 1.29 is 18.3 Å². The van der Waals surface area contributed by atoms with E-state index in [-0.39, 0.29) is 12.5 Å². The first-order valence-corrected chi connectivity index (χ1v) is 9.10. The van der Waals surface area contributed by atoms with Crippen molar-refractivity contribution in [3.63, 3.8) is 0 Å². The second kappa shape index (κ2) is 6.76. The normalized spacial score (nSPS) is 24.3. The van der Waals surface area contributed by atoms with E-state index in [9.17, 15) is 13.2 Å². The first-order valence-electron chi connectivity index (χ1n) is 7.25. The maximum absolute atomic E-state index is 11.9. The number of aliphatic carboxylic acids is 1. The number of rotatable bonds is 5. The van der Waals surface area contributed by atoms with Gasteiger partial charge in [0.05, 0.1) is 18.7 Å². The highest BCUT2D eigenvalue weighted by Gasteiger charge is 2.39. The van der Waals surface area contributed by atoms with Gasteiger partial charge in [0.25, 0.3) is 0 Å². The Hall–Kier alpha value is -1.44. The van der Waals surface area contributed by atoms with Gasteiger partial charge in [-0.25, -0.2) is 8.42 Å². The summed E-state index contributed by atoms with van der Waals surface area (Å²) in [5, 5.41) is 9.10. The second-order valence-corrected chi connectivity index (χ2v) is 7.67. The summed E-state index contributed by atoms with van der Waals surface area (Å²) in [6.07, 6.45) is 0.959. The van der Waals surface area contributed by atoms with Crippen LogP contribution in [0.25, 0.3) is 0 Å². The van der Waals surface area contributed by atoms with Gasteiger partial charge in [-0.3, -0.25) is 9.69 Å². The molecular weight excluding hydrogens is 304 g/mol. The summed E-state index contributed by atoms with van der Waals surface area (Å²) in [5.74, 6) is -0.980. The molecule has 1 N–H and O–H groups in total. The van der Waals surface area contributed by atoms with Crippen LogP contribution in [0.1, 0.15) is 18.9 Å². The molecule has 0 saturated carbocycles. The number of hydrogen-bond acceptors (Lipinski definition) is 4. The van der Waals surface area contributed by atoms with Crippen molar-refractivity contribution in [2.24, 2.45) is 0 Å². The molecule has 0 unspecified atom stereocenters. The summed E-state index contributed by atoms with van der Waals surface area (Å²) >= 11 is 0. The van der Waals surface area contributed by atoms with Crippen LogP contribution in [0, 0.1) is 0 Å². The van der Waals surface area contributed by atoms with Gasteiger partial charge in [0, 0.05) is 25.7 Å². The molecule has 0 amide bonds. The molecule has 1 aliphatic heterocycles. The first kappa shape index (κ1) is 16.9. The van der Waals surface area contributed by atoms with Crippen LogP contribution in [0.2, 0.25) is 0 Å².